The molecule has 8 heteroatoms. The van der Waals surface area contributed by atoms with Crippen molar-refractivity contribution in [3.8, 4) is 22.4 Å². The average molecular weight is 413 g/mol. The van der Waals surface area contributed by atoms with Gasteiger partial charge in [0.15, 0.2) is 0 Å². The molecule has 0 unspecified atom stereocenters. The van der Waals surface area contributed by atoms with Crippen molar-refractivity contribution in [1.29, 1.82) is 0 Å². The number of H-pyrrole nitrogens is 1. The van der Waals surface area contributed by atoms with Crippen LogP contribution in [0.1, 0.15) is 16.2 Å². The van der Waals surface area contributed by atoms with Crippen LogP contribution in [-0.2, 0) is 7.05 Å². The molecule has 4 aromatic rings. The summed E-state index contributed by atoms with van der Waals surface area (Å²) < 4.78 is 1.14. The minimum Gasteiger partial charge on any atom is -0.311 e. The van der Waals surface area contributed by atoms with Gasteiger partial charge in [0.2, 0.25) is 0 Å². The van der Waals surface area contributed by atoms with Gasteiger partial charge in [-0.05, 0) is 12.5 Å². The molecule has 0 aliphatic heterocycles. The van der Waals surface area contributed by atoms with Gasteiger partial charge >= 0.3 is 0 Å². The van der Waals surface area contributed by atoms with Crippen LogP contribution in [0.3, 0.4) is 0 Å². The Hall–Kier alpha value is -4.33. The molecule has 2 aromatic carbocycles. The second-order valence-electron chi connectivity index (χ2n) is 6.93. The number of rotatable bonds is 4. The maximum atomic E-state index is 13.3. The summed E-state index contributed by atoms with van der Waals surface area (Å²) >= 11 is 0. The molecule has 31 heavy (non-hydrogen) atoms. The maximum absolute atomic E-state index is 13.3. The topological polar surface area (TPSA) is 110 Å². The SMILES string of the molecule is Cc1nc(NC(=O)c2c(-c3ccccc3)c(-c3ccccc3)nn(C)c2=O)cc(=O)[nH]1. The highest BCUT2D eigenvalue weighted by Crippen LogP contribution is 2.32. The third-order valence-corrected chi connectivity index (χ3v) is 4.68. The van der Waals surface area contributed by atoms with Crippen molar-refractivity contribution in [2.24, 2.45) is 7.05 Å². The number of anilines is 1. The summed E-state index contributed by atoms with van der Waals surface area (Å²) in [6.07, 6.45) is 0. The van der Waals surface area contributed by atoms with E-state index < -0.39 is 17.0 Å². The smallest absolute Gasteiger partial charge is 0.280 e. The Bertz CT molecular complexity index is 1380. The lowest BCUT2D eigenvalue weighted by Crippen LogP contribution is -2.31. The molecule has 2 N–H and O–H groups in total. The van der Waals surface area contributed by atoms with E-state index >= 15 is 0 Å². The Morgan fingerprint density at radius 2 is 1.58 bits per heavy atom. The van der Waals surface area contributed by atoms with Crippen molar-refractivity contribution in [2.45, 2.75) is 6.92 Å². The second-order valence-corrected chi connectivity index (χ2v) is 6.93. The highest BCUT2D eigenvalue weighted by atomic mass is 16.2. The number of benzene rings is 2. The third-order valence-electron chi connectivity index (χ3n) is 4.68. The van der Waals surface area contributed by atoms with Crippen molar-refractivity contribution in [2.75, 3.05) is 5.32 Å². The summed E-state index contributed by atoms with van der Waals surface area (Å²) in [4.78, 5) is 44.7. The third kappa shape index (κ3) is 4.04. The number of carbonyl (C=O) groups is 1. The first kappa shape index (κ1) is 20.0. The second kappa shape index (κ2) is 8.19. The predicted molar refractivity (Wildman–Crippen MR) is 118 cm³/mol. The fourth-order valence-electron chi connectivity index (χ4n) is 3.35. The van der Waals surface area contributed by atoms with Crippen LogP contribution in [0.25, 0.3) is 22.4 Å². The number of aromatic amines is 1. The van der Waals surface area contributed by atoms with Crippen LogP contribution in [0.2, 0.25) is 0 Å². The fourth-order valence-corrected chi connectivity index (χ4v) is 3.35. The molecule has 0 bridgehead atoms. The Balaban J connectivity index is 1.96. The van der Waals surface area contributed by atoms with E-state index in [1.165, 1.54) is 7.05 Å². The van der Waals surface area contributed by atoms with E-state index in [1.54, 1.807) is 6.92 Å². The molecular formula is C23H19N5O3. The summed E-state index contributed by atoms with van der Waals surface area (Å²) in [5, 5.41) is 7.04. The normalized spacial score (nSPS) is 10.6. The maximum Gasteiger partial charge on any atom is 0.280 e. The molecule has 0 aliphatic rings. The summed E-state index contributed by atoms with van der Waals surface area (Å²) in [5.74, 6) is -0.263. The number of hydrogen-bond donors (Lipinski definition) is 2. The molecule has 0 spiro atoms. The minimum atomic E-state index is -0.670. The standard InChI is InChI=1S/C23H19N5O3/c1-14-24-17(13-18(29)25-14)26-22(30)20-19(15-9-5-3-6-10-15)21(27-28(2)23(20)31)16-11-7-4-8-12-16/h3-13H,1-2H3,(H2,24,25,26,29,30). The molecule has 2 aromatic heterocycles. The molecule has 2 heterocycles. The van der Waals surface area contributed by atoms with E-state index in [4.69, 9.17) is 0 Å². The quantitative estimate of drug-likeness (QED) is 0.535. The number of nitrogens with zero attached hydrogens (tertiary/aromatic N) is 3. The van der Waals surface area contributed by atoms with Gasteiger partial charge in [0.05, 0.1) is 5.69 Å². The summed E-state index contributed by atoms with van der Waals surface area (Å²) in [5.41, 5.74) is 1.30. The van der Waals surface area contributed by atoms with E-state index in [0.717, 1.165) is 16.3 Å². The van der Waals surface area contributed by atoms with Crippen LogP contribution < -0.4 is 16.4 Å². The van der Waals surface area contributed by atoms with E-state index in [9.17, 15) is 14.4 Å². The van der Waals surface area contributed by atoms with Crippen LogP contribution >= 0.6 is 0 Å². The number of aromatic nitrogens is 4. The number of aryl methyl sites for hydroxylation is 2. The Morgan fingerprint density at radius 1 is 0.968 bits per heavy atom. The number of hydrogen-bond acceptors (Lipinski definition) is 5. The van der Waals surface area contributed by atoms with E-state index in [2.05, 4.69) is 20.4 Å². The van der Waals surface area contributed by atoms with Crippen molar-refractivity contribution < 1.29 is 4.79 Å². The summed E-state index contributed by atoms with van der Waals surface area (Å²) in [7, 11) is 1.50. The van der Waals surface area contributed by atoms with Crippen LogP contribution in [0.5, 0.6) is 0 Å². The Labute approximate surface area is 177 Å². The average Bonchev–Trinajstić information content (AvgIpc) is 2.75. The molecule has 0 saturated carbocycles. The first-order valence-electron chi connectivity index (χ1n) is 9.55. The monoisotopic (exact) mass is 413 g/mol. The minimum absolute atomic E-state index is 0.0605. The number of amides is 1. The Kier molecular flexibility index (Phi) is 5.28. The molecule has 154 valence electrons. The first-order valence-corrected chi connectivity index (χ1v) is 9.55. The molecule has 0 saturated heterocycles. The molecule has 0 atom stereocenters. The highest BCUT2D eigenvalue weighted by Gasteiger charge is 2.24. The molecule has 0 fully saturated rings. The van der Waals surface area contributed by atoms with Crippen molar-refractivity contribution in [3.63, 3.8) is 0 Å². The lowest BCUT2D eigenvalue weighted by Gasteiger charge is -2.15. The highest BCUT2D eigenvalue weighted by molar-refractivity contribution is 6.10. The zero-order valence-corrected chi connectivity index (χ0v) is 16.9. The summed E-state index contributed by atoms with van der Waals surface area (Å²) in [6, 6.07) is 19.6. The lowest BCUT2D eigenvalue weighted by molar-refractivity contribution is 0.102. The number of nitrogens with one attached hydrogen (secondary N) is 2. The van der Waals surface area contributed by atoms with Gasteiger partial charge in [0.1, 0.15) is 17.2 Å². The largest absolute Gasteiger partial charge is 0.311 e. The first-order chi connectivity index (χ1) is 14.9. The molecule has 8 nitrogen and oxygen atoms in total. The van der Waals surface area contributed by atoms with E-state index in [-0.39, 0.29) is 11.4 Å². The molecule has 1 amide bonds. The van der Waals surface area contributed by atoms with Gasteiger partial charge in [-0.3, -0.25) is 14.4 Å². The zero-order chi connectivity index (χ0) is 22.0. The summed E-state index contributed by atoms with van der Waals surface area (Å²) in [6.45, 7) is 1.60. The van der Waals surface area contributed by atoms with Gasteiger partial charge in [-0.1, -0.05) is 60.7 Å². The van der Waals surface area contributed by atoms with E-state index in [1.807, 2.05) is 60.7 Å². The van der Waals surface area contributed by atoms with Gasteiger partial charge in [-0.25, -0.2) is 9.67 Å². The van der Waals surface area contributed by atoms with Gasteiger partial charge in [0.25, 0.3) is 17.0 Å². The van der Waals surface area contributed by atoms with E-state index in [0.29, 0.717) is 22.6 Å². The van der Waals surface area contributed by atoms with Crippen molar-refractivity contribution in [1.82, 2.24) is 19.7 Å². The van der Waals surface area contributed by atoms with Crippen molar-refractivity contribution in [3.05, 3.63) is 98.8 Å². The van der Waals surface area contributed by atoms with Crippen LogP contribution in [-0.4, -0.2) is 25.7 Å². The molecule has 0 aliphatic carbocycles. The number of carbonyl (C=O) groups excluding carboxylic acids is 1. The van der Waals surface area contributed by atoms with Gasteiger partial charge in [-0.15, -0.1) is 0 Å². The van der Waals surface area contributed by atoms with Gasteiger partial charge < -0.3 is 10.3 Å². The van der Waals surface area contributed by atoms with Crippen LogP contribution in [0, 0.1) is 6.92 Å². The van der Waals surface area contributed by atoms with Gasteiger partial charge in [0, 0.05) is 24.2 Å². The lowest BCUT2D eigenvalue weighted by atomic mass is 9.95. The van der Waals surface area contributed by atoms with Crippen LogP contribution in [0.15, 0.2) is 76.3 Å². The molecule has 4 rings (SSSR count). The molecular weight excluding hydrogens is 394 g/mol. The van der Waals surface area contributed by atoms with Crippen molar-refractivity contribution >= 4 is 11.7 Å². The fraction of sp³-hybridized carbons (Fsp3) is 0.0870. The Morgan fingerprint density at radius 3 is 2.19 bits per heavy atom. The zero-order valence-electron chi connectivity index (χ0n) is 16.9. The molecule has 0 radical (unpaired) electrons. The van der Waals surface area contributed by atoms with Crippen LogP contribution in [0.4, 0.5) is 5.82 Å². The predicted octanol–water partition coefficient (Wildman–Crippen LogP) is 2.76. The van der Waals surface area contributed by atoms with Gasteiger partial charge in [-0.2, -0.15) is 5.10 Å².